The van der Waals surface area contributed by atoms with Crippen molar-refractivity contribution in [2.45, 2.75) is 26.3 Å². The van der Waals surface area contributed by atoms with Crippen molar-refractivity contribution in [3.63, 3.8) is 0 Å². The summed E-state index contributed by atoms with van der Waals surface area (Å²) in [7, 11) is 0. The molecule has 2 aromatic heterocycles. The fraction of sp³-hybridized carbons (Fsp3) is 0.267. The van der Waals surface area contributed by atoms with E-state index in [1.165, 1.54) is 6.26 Å². The molecule has 0 radical (unpaired) electrons. The van der Waals surface area contributed by atoms with Crippen LogP contribution in [0, 0.1) is 0 Å². The molecule has 0 atom stereocenters. The van der Waals surface area contributed by atoms with Crippen molar-refractivity contribution < 1.29 is 14.4 Å². The predicted octanol–water partition coefficient (Wildman–Crippen LogP) is 2.89. The van der Waals surface area contributed by atoms with E-state index in [2.05, 4.69) is 10.1 Å². The van der Waals surface area contributed by atoms with Crippen LogP contribution in [0.4, 0.5) is 0 Å². The van der Waals surface area contributed by atoms with Crippen molar-refractivity contribution in [3.8, 4) is 0 Å². The second-order valence-corrected chi connectivity index (χ2v) is 5.18. The minimum absolute atomic E-state index is 0.172. The smallest absolute Gasteiger partial charge is 0.337 e. The molecule has 0 spiro atoms. The van der Waals surface area contributed by atoms with Gasteiger partial charge in [0.1, 0.15) is 23.3 Å². The van der Waals surface area contributed by atoms with Gasteiger partial charge >= 0.3 is 5.97 Å². The van der Waals surface area contributed by atoms with Crippen molar-refractivity contribution >= 4 is 17.0 Å². The van der Waals surface area contributed by atoms with E-state index in [4.69, 9.17) is 4.52 Å². The van der Waals surface area contributed by atoms with Crippen LogP contribution in [0.1, 0.15) is 41.6 Å². The monoisotopic (exact) mass is 285 g/mol. The second-order valence-electron chi connectivity index (χ2n) is 5.18. The van der Waals surface area contributed by atoms with Crippen molar-refractivity contribution in [3.05, 3.63) is 47.6 Å². The summed E-state index contributed by atoms with van der Waals surface area (Å²) in [4.78, 5) is 15.9. The Morgan fingerprint density at radius 2 is 2.19 bits per heavy atom. The topological polar surface area (TPSA) is 81.1 Å². The van der Waals surface area contributed by atoms with Crippen LogP contribution in [-0.4, -0.2) is 25.8 Å². The van der Waals surface area contributed by atoms with Gasteiger partial charge in [0, 0.05) is 12.0 Å². The first-order valence-electron chi connectivity index (χ1n) is 6.69. The summed E-state index contributed by atoms with van der Waals surface area (Å²) in [6.07, 6.45) is 1.52. The predicted molar refractivity (Wildman–Crippen MR) is 76.4 cm³/mol. The molecule has 0 aliphatic rings. The molecule has 1 N–H and O–H groups in total. The molecule has 0 saturated heterocycles. The van der Waals surface area contributed by atoms with E-state index >= 15 is 0 Å². The lowest BCUT2D eigenvalue weighted by molar-refractivity contribution is 0.0699. The Morgan fingerprint density at radius 3 is 2.81 bits per heavy atom. The van der Waals surface area contributed by atoms with Crippen LogP contribution in [0.5, 0.6) is 0 Å². The lowest BCUT2D eigenvalue weighted by Gasteiger charge is -2.09. The van der Waals surface area contributed by atoms with Gasteiger partial charge < -0.3 is 14.2 Å². The van der Waals surface area contributed by atoms with Gasteiger partial charge in [-0.3, -0.25) is 0 Å². The SMILES string of the molecule is CC(C)c1nc2c(C(=O)O)cccc2n1Cc1ccon1. The summed E-state index contributed by atoms with van der Waals surface area (Å²) < 4.78 is 6.85. The van der Waals surface area contributed by atoms with Crippen molar-refractivity contribution in [1.82, 2.24) is 14.7 Å². The van der Waals surface area contributed by atoms with E-state index in [0.717, 1.165) is 17.0 Å². The Morgan fingerprint density at radius 1 is 1.38 bits per heavy atom. The number of imidazole rings is 1. The van der Waals surface area contributed by atoms with E-state index in [0.29, 0.717) is 12.1 Å². The number of carboxylic acid groups (broad SMARTS) is 1. The molecule has 0 aliphatic heterocycles. The molecule has 1 aromatic carbocycles. The minimum atomic E-state index is -0.970. The molecule has 0 amide bonds. The molecular weight excluding hydrogens is 270 g/mol. The zero-order valence-corrected chi connectivity index (χ0v) is 11.8. The number of hydrogen-bond acceptors (Lipinski definition) is 4. The average molecular weight is 285 g/mol. The molecule has 0 fully saturated rings. The minimum Gasteiger partial charge on any atom is -0.478 e. The number of carbonyl (C=O) groups is 1. The normalized spacial score (nSPS) is 11.4. The Labute approximate surface area is 121 Å². The van der Waals surface area contributed by atoms with E-state index in [1.807, 2.05) is 24.5 Å². The quantitative estimate of drug-likeness (QED) is 0.797. The number of rotatable bonds is 4. The molecule has 0 saturated carbocycles. The van der Waals surface area contributed by atoms with Crippen LogP contribution in [-0.2, 0) is 6.54 Å². The molecule has 6 heteroatoms. The molecule has 6 nitrogen and oxygen atoms in total. The van der Waals surface area contributed by atoms with Gasteiger partial charge in [0.25, 0.3) is 0 Å². The van der Waals surface area contributed by atoms with Gasteiger partial charge in [-0.1, -0.05) is 25.1 Å². The van der Waals surface area contributed by atoms with Crippen molar-refractivity contribution in [1.29, 1.82) is 0 Å². The highest BCUT2D eigenvalue weighted by molar-refractivity contribution is 6.01. The van der Waals surface area contributed by atoms with Gasteiger partial charge in [-0.25, -0.2) is 9.78 Å². The third-order valence-corrected chi connectivity index (χ3v) is 3.37. The summed E-state index contributed by atoms with van der Waals surface area (Å²) >= 11 is 0. The van der Waals surface area contributed by atoms with Crippen molar-refractivity contribution in [2.75, 3.05) is 0 Å². The van der Waals surface area contributed by atoms with Gasteiger partial charge in [-0.05, 0) is 12.1 Å². The third kappa shape index (κ3) is 2.29. The fourth-order valence-electron chi connectivity index (χ4n) is 2.43. The molecular formula is C15H15N3O3. The fourth-order valence-corrected chi connectivity index (χ4v) is 2.43. The molecule has 3 aromatic rings. The number of hydrogen-bond donors (Lipinski definition) is 1. The number of aromatic carboxylic acids is 1. The Kier molecular flexibility index (Phi) is 3.21. The van der Waals surface area contributed by atoms with E-state index in [-0.39, 0.29) is 11.5 Å². The largest absolute Gasteiger partial charge is 0.478 e. The highest BCUT2D eigenvalue weighted by Gasteiger charge is 2.19. The molecule has 0 unspecified atom stereocenters. The summed E-state index contributed by atoms with van der Waals surface area (Å²) in [5.41, 5.74) is 2.30. The van der Waals surface area contributed by atoms with E-state index in [9.17, 15) is 9.90 Å². The third-order valence-electron chi connectivity index (χ3n) is 3.37. The molecule has 0 aliphatic carbocycles. The van der Waals surface area contributed by atoms with E-state index < -0.39 is 5.97 Å². The van der Waals surface area contributed by atoms with Crippen LogP contribution in [0.2, 0.25) is 0 Å². The average Bonchev–Trinajstić information content (AvgIpc) is 3.07. The molecule has 108 valence electrons. The lowest BCUT2D eigenvalue weighted by Crippen LogP contribution is -2.06. The van der Waals surface area contributed by atoms with Crippen LogP contribution < -0.4 is 0 Å². The number of aromatic nitrogens is 3. The number of carboxylic acids is 1. The summed E-state index contributed by atoms with van der Waals surface area (Å²) in [6, 6.07) is 6.97. The highest BCUT2D eigenvalue weighted by atomic mass is 16.5. The zero-order chi connectivity index (χ0) is 15.0. The molecule has 2 heterocycles. The second kappa shape index (κ2) is 5.05. The van der Waals surface area contributed by atoms with Crippen LogP contribution in [0.15, 0.2) is 35.1 Å². The Balaban J connectivity index is 2.23. The van der Waals surface area contributed by atoms with Gasteiger partial charge in [0.15, 0.2) is 0 Å². The van der Waals surface area contributed by atoms with Crippen molar-refractivity contribution in [2.24, 2.45) is 0 Å². The van der Waals surface area contributed by atoms with Crippen LogP contribution >= 0.6 is 0 Å². The first kappa shape index (κ1) is 13.4. The zero-order valence-electron chi connectivity index (χ0n) is 11.8. The standard InChI is InChI=1S/C15H15N3O3/c1-9(2)14-16-13-11(15(19)20)4-3-5-12(13)18(14)8-10-6-7-21-17-10/h3-7,9H,8H2,1-2H3,(H,19,20). The van der Waals surface area contributed by atoms with Crippen LogP contribution in [0.3, 0.4) is 0 Å². The molecule has 3 rings (SSSR count). The van der Waals surface area contributed by atoms with Crippen LogP contribution in [0.25, 0.3) is 11.0 Å². The van der Waals surface area contributed by atoms with Gasteiger partial charge in [0.05, 0.1) is 17.6 Å². The molecule has 21 heavy (non-hydrogen) atoms. The highest BCUT2D eigenvalue weighted by Crippen LogP contribution is 2.25. The first-order chi connectivity index (χ1) is 10.1. The maximum atomic E-state index is 11.3. The summed E-state index contributed by atoms with van der Waals surface area (Å²) in [6.45, 7) is 4.56. The van der Waals surface area contributed by atoms with Gasteiger partial charge in [-0.2, -0.15) is 0 Å². The number of fused-ring (bicyclic) bond motifs is 1. The van der Waals surface area contributed by atoms with Gasteiger partial charge in [0.2, 0.25) is 0 Å². The van der Waals surface area contributed by atoms with E-state index in [1.54, 1.807) is 18.2 Å². The summed E-state index contributed by atoms with van der Waals surface area (Å²) in [5.74, 6) is 0.0367. The maximum absolute atomic E-state index is 11.3. The lowest BCUT2D eigenvalue weighted by atomic mass is 10.2. The maximum Gasteiger partial charge on any atom is 0.337 e. The number of nitrogens with zero attached hydrogens (tertiary/aromatic N) is 3. The number of para-hydroxylation sites is 1. The molecule has 0 bridgehead atoms. The summed E-state index contributed by atoms with van der Waals surface area (Å²) in [5, 5.41) is 13.2. The first-order valence-corrected chi connectivity index (χ1v) is 6.69. The Bertz CT molecular complexity index is 788. The van der Waals surface area contributed by atoms with Gasteiger partial charge in [-0.15, -0.1) is 0 Å². The number of benzene rings is 1. The Hall–Kier alpha value is -2.63.